The Labute approximate surface area is 151 Å². The quantitative estimate of drug-likeness (QED) is 0.746. The van der Waals surface area contributed by atoms with Gasteiger partial charge in [-0.05, 0) is 24.8 Å². The Morgan fingerprint density at radius 1 is 1.27 bits per heavy atom. The zero-order valence-corrected chi connectivity index (χ0v) is 14.6. The van der Waals surface area contributed by atoms with E-state index in [-0.39, 0.29) is 24.5 Å². The Hall–Kier alpha value is -2.19. The van der Waals surface area contributed by atoms with E-state index in [0.717, 1.165) is 6.42 Å². The topological polar surface area (TPSA) is 107 Å². The highest BCUT2D eigenvalue weighted by atomic mass is 16.5. The number of carbonyl (C=O) groups excluding carboxylic acids is 1. The number of aromatic nitrogens is 1. The van der Waals surface area contributed by atoms with Gasteiger partial charge in [-0.25, -0.2) is 4.98 Å². The number of carbonyl (C=O) groups is 2. The van der Waals surface area contributed by atoms with E-state index < -0.39 is 11.9 Å². The first-order valence-corrected chi connectivity index (χ1v) is 8.92. The molecular formula is C18H24N2O6. The number of carboxylic acid groups (broad SMARTS) is 1. The van der Waals surface area contributed by atoms with Crippen LogP contribution in [0.15, 0.2) is 18.3 Å². The van der Waals surface area contributed by atoms with Crippen LogP contribution < -0.4 is 10.1 Å². The van der Waals surface area contributed by atoms with Gasteiger partial charge in [0.1, 0.15) is 6.10 Å². The van der Waals surface area contributed by atoms with E-state index in [1.807, 2.05) is 0 Å². The summed E-state index contributed by atoms with van der Waals surface area (Å²) in [5.41, 5.74) is 0.394. The zero-order chi connectivity index (χ0) is 18.4. The maximum atomic E-state index is 12.4. The van der Waals surface area contributed by atoms with Crippen LogP contribution in [0.25, 0.3) is 0 Å². The Morgan fingerprint density at radius 3 is 2.73 bits per heavy atom. The van der Waals surface area contributed by atoms with Crippen LogP contribution in [0.2, 0.25) is 0 Å². The summed E-state index contributed by atoms with van der Waals surface area (Å²) in [5, 5.41) is 12.2. The molecule has 0 saturated carbocycles. The molecule has 2 saturated heterocycles. The van der Waals surface area contributed by atoms with Crippen molar-refractivity contribution in [1.82, 2.24) is 10.3 Å². The zero-order valence-electron chi connectivity index (χ0n) is 14.6. The van der Waals surface area contributed by atoms with Gasteiger partial charge < -0.3 is 24.6 Å². The summed E-state index contributed by atoms with van der Waals surface area (Å²) in [6.45, 7) is 2.40. The lowest BCUT2D eigenvalue weighted by Crippen LogP contribution is -2.39. The van der Waals surface area contributed by atoms with Gasteiger partial charge in [-0.1, -0.05) is 0 Å². The molecule has 1 aromatic rings. The van der Waals surface area contributed by atoms with Crippen molar-refractivity contribution in [2.75, 3.05) is 33.0 Å². The number of rotatable bonds is 7. The molecule has 1 aromatic heterocycles. The van der Waals surface area contributed by atoms with E-state index in [2.05, 4.69) is 10.3 Å². The van der Waals surface area contributed by atoms with Crippen LogP contribution in [0.1, 0.15) is 29.6 Å². The molecule has 3 rings (SSSR count). The lowest BCUT2D eigenvalue weighted by Gasteiger charge is -2.27. The monoisotopic (exact) mass is 364 g/mol. The molecule has 3 heterocycles. The predicted octanol–water partition coefficient (Wildman–Crippen LogP) is 1.11. The molecule has 8 nitrogen and oxygen atoms in total. The molecule has 2 aliphatic heterocycles. The average molecular weight is 364 g/mol. The molecule has 2 aliphatic rings. The molecule has 0 radical (unpaired) electrons. The summed E-state index contributed by atoms with van der Waals surface area (Å²) >= 11 is 0. The summed E-state index contributed by atoms with van der Waals surface area (Å²) < 4.78 is 16.2. The second-order valence-corrected chi connectivity index (χ2v) is 6.59. The lowest BCUT2D eigenvalue weighted by molar-refractivity contribution is -0.144. The highest BCUT2D eigenvalue weighted by Crippen LogP contribution is 2.24. The third-order valence-electron chi connectivity index (χ3n) is 4.81. The molecule has 142 valence electrons. The Kier molecular flexibility index (Phi) is 6.40. The van der Waals surface area contributed by atoms with Gasteiger partial charge in [0, 0.05) is 44.0 Å². The molecule has 2 N–H and O–H groups in total. The molecule has 0 bridgehead atoms. The molecule has 0 spiro atoms. The van der Waals surface area contributed by atoms with Crippen LogP contribution in [-0.4, -0.2) is 61.0 Å². The van der Waals surface area contributed by atoms with Gasteiger partial charge in [-0.2, -0.15) is 0 Å². The minimum absolute atomic E-state index is 0.0141. The summed E-state index contributed by atoms with van der Waals surface area (Å²) in [4.78, 5) is 28.1. The molecular weight excluding hydrogens is 340 g/mol. The summed E-state index contributed by atoms with van der Waals surface area (Å²) in [7, 11) is 0. The Balaban J connectivity index is 1.57. The first-order valence-electron chi connectivity index (χ1n) is 8.92. The maximum Gasteiger partial charge on any atom is 0.308 e. The summed E-state index contributed by atoms with van der Waals surface area (Å²) in [5.74, 6) is -1.46. The van der Waals surface area contributed by atoms with Crippen LogP contribution in [0.3, 0.4) is 0 Å². The number of hydrogen-bond acceptors (Lipinski definition) is 6. The van der Waals surface area contributed by atoms with Crippen molar-refractivity contribution < 1.29 is 28.9 Å². The van der Waals surface area contributed by atoms with E-state index in [1.54, 1.807) is 12.1 Å². The van der Waals surface area contributed by atoms with Gasteiger partial charge in [-0.3, -0.25) is 9.59 Å². The molecule has 2 atom stereocenters. The van der Waals surface area contributed by atoms with Gasteiger partial charge in [0.05, 0.1) is 19.1 Å². The average Bonchev–Trinajstić information content (AvgIpc) is 3.15. The van der Waals surface area contributed by atoms with Crippen molar-refractivity contribution in [3.05, 3.63) is 23.9 Å². The predicted molar refractivity (Wildman–Crippen MR) is 91.1 cm³/mol. The second-order valence-electron chi connectivity index (χ2n) is 6.59. The van der Waals surface area contributed by atoms with E-state index in [0.29, 0.717) is 50.7 Å². The first-order chi connectivity index (χ1) is 12.6. The van der Waals surface area contributed by atoms with Crippen LogP contribution in [0, 0.1) is 11.8 Å². The Morgan fingerprint density at radius 2 is 2.04 bits per heavy atom. The van der Waals surface area contributed by atoms with E-state index in [4.69, 9.17) is 14.2 Å². The van der Waals surface area contributed by atoms with Crippen LogP contribution in [-0.2, 0) is 14.3 Å². The molecule has 1 amide bonds. The van der Waals surface area contributed by atoms with Gasteiger partial charge >= 0.3 is 5.97 Å². The largest absolute Gasteiger partial charge is 0.481 e. The van der Waals surface area contributed by atoms with E-state index in [9.17, 15) is 14.7 Å². The third-order valence-corrected chi connectivity index (χ3v) is 4.81. The van der Waals surface area contributed by atoms with E-state index in [1.165, 1.54) is 6.20 Å². The van der Waals surface area contributed by atoms with Crippen molar-refractivity contribution in [2.45, 2.75) is 25.4 Å². The standard InChI is InChI=1S/C18H24N2O6/c21-17(20-10-15(18(22)23)12-2-6-24-7-3-12)13-1-5-19-16(9-13)26-14-4-8-25-11-14/h1,5,9,12,14-15H,2-4,6-8,10-11H2,(H,20,21)(H,22,23). The molecule has 26 heavy (non-hydrogen) atoms. The number of hydrogen-bond donors (Lipinski definition) is 2. The lowest BCUT2D eigenvalue weighted by atomic mass is 9.86. The molecule has 0 aromatic carbocycles. The number of ether oxygens (including phenoxy) is 3. The van der Waals surface area contributed by atoms with Crippen LogP contribution >= 0.6 is 0 Å². The van der Waals surface area contributed by atoms with Gasteiger partial charge in [0.25, 0.3) is 5.91 Å². The fourth-order valence-corrected chi connectivity index (χ4v) is 3.27. The molecule has 8 heteroatoms. The second kappa shape index (κ2) is 8.95. The van der Waals surface area contributed by atoms with Crippen molar-refractivity contribution in [1.29, 1.82) is 0 Å². The van der Waals surface area contributed by atoms with Crippen molar-refractivity contribution in [2.24, 2.45) is 11.8 Å². The fourth-order valence-electron chi connectivity index (χ4n) is 3.27. The van der Waals surface area contributed by atoms with Gasteiger partial charge in [0.15, 0.2) is 0 Å². The highest BCUT2D eigenvalue weighted by molar-refractivity contribution is 5.94. The molecule has 2 unspecified atom stereocenters. The van der Waals surface area contributed by atoms with Gasteiger partial charge in [-0.15, -0.1) is 0 Å². The smallest absolute Gasteiger partial charge is 0.308 e. The molecule has 0 aliphatic carbocycles. The van der Waals surface area contributed by atoms with Crippen molar-refractivity contribution in [3.8, 4) is 5.88 Å². The third kappa shape index (κ3) is 4.92. The SMILES string of the molecule is O=C(NCC(C(=O)O)C1CCOCC1)c1ccnc(OC2CCOC2)c1. The minimum Gasteiger partial charge on any atom is -0.481 e. The highest BCUT2D eigenvalue weighted by Gasteiger charge is 2.30. The number of nitrogens with one attached hydrogen (secondary N) is 1. The van der Waals surface area contributed by atoms with Crippen molar-refractivity contribution in [3.63, 3.8) is 0 Å². The molecule has 2 fully saturated rings. The number of carboxylic acids is 1. The summed E-state index contributed by atoms with van der Waals surface area (Å²) in [6.07, 6.45) is 3.65. The fraction of sp³-hybridized carbons (Fsp3) is 0.611. The van der Waals surface area contributed by atoms with Crippen molar-refractivity contribution >= 4 is 11.9 Å². The first kappa shape index (κ1) is 18.6. The van der Waals surface area contributed by atoms with Crippen LogP contribution in [0.5, 0.6) is 5.88 Å². The number of amides is 1. The normalized spacial score (nSPS) is 21.9. The van der Waals surface area contributed by atoms with Gasteiger partial charge in [0.2, 0.25) is 5.88 Å². The Bertz CT molecular complexity index is 626. The number of nitrogens with zero attached hydrogens (tertiary/aromatic N) is 1. The minimum atomic E-state index is -0.891. The van der Waals surface area contributed by atoms with Crippen LogP contribution in [0.4, 0.5) is 0 Å². The number of pyridine rings is 1. The van der Waals surface area contributed by atoms with E-state index >= 15 is 0 Å². The maximum absolute atomic E-state index is 12.4. The number of aliphatic carboxylic acids is 1. The summed E-state index contributed by atoms with van der Waals surface area (Å²) in [6, 6.07) is 3.15.